The van der Waals surface area contributed by atoms with Gasteiger partial charge >= 0.3 is 0 Å². The fourth-order valence-corrected chi connectivity index (χ4v) is 2.14. The first-order valence-corrected chi connectivity index (χ1v) is 7.12. The maximum Gasteiger partial charge on any atom is 0.122 e. The molecule has 1 atom stereocenters. The maximum absolute atomic E-state index is 10.3. The molecule has 19 heavy (non-hydrogen) atoms. The van der Waals surface area contributed by atoms with Crippen molar-refractivity contribution >= 4 is 0 Å². The molecule has 1 aromatic carbocycles. The van der Waals surface area contributed by atoms with Crippen molar-refractivity contribution in [3.63, 3.8) is 0 Å². The molecule has 0 radical (unpaired) electrons. The van der Waals surface area contributed by atoms with Gasteiger partial charge in [0.2, 0.25) is 0 Å². The van der Waals surface area contributed by atoms with E-state index in [1.807, 2.05) is 32.0 Å². The second-order valence-corrected chi connectivity index (χ2v) is 5.23. The van der Waals surface area contributed by atoms with Gasteiger partial charge in [-0.2, -0.15) is 0 Å². The van der Waals surface area contributed by atoms with E-state index >= 15 is 0 Å². The SMILES string of the molecule is CCC(O)(CC)CNC(C)Cc1ccccc1OC. The van der Waals surface area contributed by atoms with Gasteiger partial charge in [-0.15, -0.1) is 0 Å². The lowest BCUT2D eigenvalue weighted by Gasteiger charge is -2.27. The number of para-hydroxylation sites is 1. The average molecular weight is 265 g/mol. The van der Waals surface area contributed by atoms with E-state index in [2.05, 4.69) is 18.3 Å². The van der Waals surface area contributed by atoms with Crippen molar-refractivity contribution < 1.29 is 9.84 Å². The van der Waals surface area contributed by atoms with Crippen LogP contribution < -0.4 is 10.1 Å². The molecular formula is C16H27NO2. The van der Waals surface area contributed by atoms with Gasteiger partial charge in [-0.25, -0.2) is 0 Å². The molecule has 3 nitrogen and oxygen atoms in total. The van der Waals surface area contributed by atoms with E-state index in [1.165, 1.54) is 5.56 Å². The minimum atomic E-state index is -0.588. The van der Waals surface area contributed by atoms with Crippen LogP contribution in [0.1, 0.15) is 39.2 Å². The molecule has 0 aliphatic carbocycles. The van der Waals surface area contributed by atoms with Crippen LogP contribution in [-0.4, -0.2) is 30.4 Å². The van der Waals surface area contributed by atoms with Crippen LogP contribution in [0.15, 0.2) is 24.3 Å². The number of benzene rings is 1. The number of methoxy groups -OCH3 is 1. The van der Waals surface area contributed by atoms with Crippen molar-refractivity contribution in [2.24, 2.45) is 0 Å². The van der Waals surface area contributed by atoms with E-state index in [1.54, 1.807) is 7.11 Å². The fraction of sp³-hybridized carbons (Fsp3) is 0.625. The Morgan fingerprint density at radius 2 is 1.89 bits per heavy atom. The first kappa shape index (κ1) is 16.0. The molecule has 1 rings (SSSR count). The first-order valence-electron chi connectivity index (χ1n) is 7.12. The molecule has 0 aromatic heterocycles. The molecule has 3 heteroatoms. The highest BCUT2D eigenvalue weighted by atomic mass is 16.5. The summed E-state index contributed by atoms with van der Waals surface area (Å²) in [4.78, 5) is 0. The Bertz CT molecular complexity index is 375. The summed E-state index contributed by atoms with van der Waals surface area (Å²) in [6.07, 6.45) is 2.45. The predicted molar refractivity (Wildman–Crippen MR) is 79.7 cm³/mol. The zero-order valence-electron chi connectivity index (χ0n) is 12.6. The number of hydrogen-bond acceptors (Lipinski definition) is 3. The van der Waals surface area contributed by atoms with E-state index in [0.717, 1.165) is 25.0 Å². The number of aliphatic hydroxyl groups is 1. The van der Waals surface area contributed by atoms with Gasteiger partial charge < -0.3 is 15.2 Å². The zero-order chi connectivity index (χ0) is 14.3. The first-order chi connectivity index (χ1) is 9.04. The zero-order valence-corrected chi connectivity index (χ0v) is 12.6. The molecule has 0 aliphatic heterocycles. The minimum absolute atomic E-state index is 0.306. The Kier molecular flexibility index (Phi) is 6.32. The van der Waals surface area contributed by atoms with Crippen molar-refractivity contribution in [1.29, 1.82) is 0 Å². The molecule has 0 bridgehead atoms. The molecule has 108 valence electrons. The molecule has 1 unspecified atom stereocenters. The highest BCUT2D eigenvalue weighted by Gasteiger charge is 2.22. The van der Waals surface area contributed by atoms with Gasteiger partial charge in [-0.05, 0) is 37.8 Å². The van der Waals surface area contributed by atoms with E-state index < -0.39 is 5.60 Å². The summed E-state index contributed by atoms with van der Waals surface area (Å²) < 4.78 is 5.36. The number of ether oxygens (including phenoxy) is 1. The Balaban J connectivity index is 2.53. The summed E-state index contributed by atoms with van der Waals surface area (Å²) in [5.41, 5.74) is 0.608. The third-order valence-electron chi connectivity index (χ3n) is 3.81. The van der Waals surface area contributed by atoms with Gasteiger partial charge in [0.15, 0.2) is 0 Å². The second-order valence-electron chi connectivity index (χ2n) is 5.23. The highest BCUT2D eigenvalue weighted by Crippen LogP contribution is 2.19. The molecule has 0 spiro atoms. The van der Waals surface area contributed by atoms with Crippen LogP contribution in [0.5, 0.6) is 5.75 Å². The van der Waals surface area contributed by atoms with Gasteiger partial charge in [0.1, 0.15) is 5.75 Å². The van der Waals surface area contributed by atoms with Crippen molar-refractivity contribution in [2.45, 2.75) is 51.7 Å². The molecule has 0 saturated heterocycles. The summed E-state index contributed by atoms with van der Waals surface area (Å²) in [7, 11) is 1.70. The lowest BCUT2D eigenvalue weighted by Crippen LogP contribution is -2.43. The topological polar surface area (TPSA) is 41.5 Å². The van der Waals surface area contributed by atoms with Crippen LogP contribution in [0.25, 0.3) is 0 Å². The standard InChI is InChI=1S/C16H27NO2/c1-5-16(18,6-2)12-17-13(3)11-14-9-7-8-10-15(14)19-4/h7-10,13,17-18H,5-6,11-12H2,1-4H3. The van der Waals surface area contributed by atoms with E-state index in [-0.39, 0.29) is 0 Å². The van der Waals surface area contributed by atoms with Crippen LogP contribution in [0.2, 0.25) is 0 Å². The summed E-state index contributed by atoms with van der Waals surface area (Å²) >= 11 is 0. The number of rotatable bonds is 8. The van der Waals surface area contributed by atoms with Crippen LogP contribution in [0.3, 0.4) is 0 Å². The van der Waals surface area contributed by atoms with Crippen molar-refractivity contribution in [3.8, 4) is 5.75 Å². The van der Waals surface area contributed by atoms with Crippen LogP contribution in [0, 0.1) is 0 Å². The Labute approximate surface area is 117 Å². The molecular weight excluding hydrogens is 238 g/mol. The average Bonchev–Trinajstić information content (AvgIpc) is 2.45. The largest absolute Gasteiger partial charge is 0.496 e. The molecule has 2 N–H and O–H groups in total. The molecule has 0 saturated carbocycles. The third kappa shape index (κ3) is 4.84. The van der Waals surface area contributed by atoms with Gasteiger partial charge in [0.05, 0.1) is 12.7 Å². The molecule has 0 heterocycles. The van der Waals surface area contributed by atoms with Crippen molar-refractivity contribution in [2.75, 3.05) is 13.7 Å². The van der Waals surface area contributed by atoms with E-state index in [4.69, 9.17) is 4.74 Å². The fourth-order valence-electron chi connectivity index (χ4n) is 2.14. The molecule has 1 aromatic rings. The van der Waals surface area contributed by atoms with E-state index in [0.29, 0.717) is 12.6 Å². The smallest absolute Gasteiger partial charge is 0.122 e. The predicted octanol–water partition coefficient (Wildman–Crippen LogP) is 2.77. The van der Waals surface area contributed by atoms with Gasteiger partial charge in [0, 0.05) is 12.6 Å². The maximum atomic E-state index is 10.3. The molecule has 0 aliphatic rings. The minimum Gasteiger partial charge on any atom is -0.496 e. The summed E-state index contributed by atoms with van der Waals surface area (Å²) in [6.45, 7) is 6.82. The quantitative estimate of drug-likeness (QED) is 0.759. The van der Waals surface area contributed by atoms with Gasteiger partial charge in [-0.3, -0.25) is 0 Å². The Morgan fingerprint density at radius 1 is 1.26 bits per heavy atom. The number of nitrogens with one attached hydrogen (secondary N) is 1. The summed E-state index contributed by atoms with van der Waals surface area (Å²) in [6, 6.07) is 8.38. The molecule has 0 amide bonds. The lowest BCUT2D eigenvalue weighted by molar-refractivity contribution is 0.0303. The summed E-state index contributed by atoms with van der Waals surface area (Å²) in [5, 5.41) is 13.7. The number of hydrogen-bond donors (Lipinski definition) is 2. The van der Waals surface area contributed by atoms with Crippen molar-refractivity contribution in [1.82, 2.24) is 5.32 Å². The van der Waals surface area contributed by atoms with Crippen LogP contribution in [-0.2, 0) is 6.42 Å². The summed E-state index contributed by atoms with van der Waals surface area (Å²) in [5.74, 6) is 0.928. The van der Waals surface area contributed by atoms with Gasteiger partial charge in [-0.1, -0.05) is 32.0 Å². The second kappa shape index (κ2) is 7.51. The monoisotopic (exact) mass is 265 g/mol. The third-order valence-corrected chi connectivity index (χ3v) is 3.81. The normalized spacial score (nSPS) is 13.3. The van der Waals surface area contributed by atoms with Crippen LogP contribution in [0.4, 0.5) is 0 Å². The van der Waals surface area contributed by atoms with Gasteiger partial charge in [0.25, 0.3) is 0 Å². The van der Waals surface area contributed by atoms with Crippen molar-refractivity contribution in [3.05, 3.63) is 29.8 Å². The Morgan fingerprint density at radius 3 is 2.47 bits per heavy atom. The lowest BCUT2D eigenvalue weighted by atomic mass is 9.96. The van der Waals surface area contributed by atoms with Crippen LogP contribution >= 0.6 is 0 Å². The highest BCUT2D eigenvalue weighted by molar-refractivity contribution is 5.33. The Hall–Kier alpha value is -1.06. The molecule has 0 fully saturated rings. The van der Waals surface area contributed by atoms with E-state index in [9.17, 15) is 5.11 Å².